The molecule has 5 nitrogen and oxygen atoms in total. The summed E-state index contributed by atoms with van der Waals surface area (Å²) in [6.07, 6.45) is 0.350. The Balaban J connectivity index is 1.94. The standard InChI is InChI=1S/C19H21FN2O3S/c1-12(23)22-10-9-19(2,25)17(16(22)15-4-3-11-26-15)21-18(24)13-5-7-14(20)8-6-13/h3-8,11,16-17,25H,9-10H2,1-2H3,(H,21,24)/t16-,17-,19+/m0/s1. The lowest BCUT2D eigenvalue weighted by molar-refractivity contribution is -0.140. The number of carbonyl (C=O) groups is 2. The van der Waals surface area contributed by atoms with Crippen molar-refractivity contribution in [2.75, 3.05) is 6.54 Å². The molecule has 7 heteroatoms. The Labute approximate surface area is 155 Å². The molecule has 138 valence electrons. The molecule has 26 heavy (non-hydrogen) atoms. The fourth-order valence-electron chi connectivity index (χ4n) is 3.35. The minimum Gasteiger partial charge on any atom is -0.388 e. The number of amides is 2. The molecule has 1 aromatic carbocycles. The number of benzene rings is 1. The molecule has 1 fully saturated rings. The van der Waals surface area contributed by atoms with E-state index in [2.05, 4.69) is 5.32 Å². The van der Waals surface area contributed by atoms with Crippen LogP contribution in [0.3, 0.4) is 0 Å². The maximum atomic E-state index is 13.1. The minimum absolute atomic E-state index is 0.111. The van der Waals surface area contributed by atoms with Gasteiger partial charge >= 0.3 is 0 Å². The summed E-state index contributed by atoms with van der Waals surface area (Å²) in [7, 11) is 0. The van der Waals surface area contributed by atoms with Gasteiger partial charge in [0.15, 0.2) is 0 Å². The molecule has 0 radical (unpaired) electrons. The van der Waals surface area contributed by atoms with Gasteiger partial charge in [-0.2, -0.15) is 0 Å². The summed E-state index contributed by atoms with van der Waals surface area (Å²) < 4.78 is 13.1. The first-order valence-corrected chi connectivity index (χ1v) is 9.27. The number of hydrogen-bond donors (Lipinski definition) is 2. The zero-order valence-electron chi connectivity index (χ0n) is 14.6. The number of nitrogens with one attached hydrogen (secondary N) is 1. The van der Waals surface area contributed by atoms with Crippen LogP contribution >= 0.6 is 11.3 Å². The molecule has 1 saturated heterocycles. The Kier molecular flexibility index (Phi) is 5.11. The highest BCUT2D eigenvalue weighted by Crippen LogP contribution is 2.38. The monoisotopic (exact) mass is 376 g/mol. The average Bonchev–Trinajstić information content (AvgIpc) is 3.10. The summed E-state index contributed by atoms with van der Waals surface area (Å²) in [5, 5.41) is 15.7. The van der Waals surface area contributed by atoms with Crippen LogP contribution in [0.15, 0.2) is 41.8 Å². The van der Waals surface area contributed by atoms with Crippen LogP contribution in [0.1, 0.15) is 41.5 Å². The Bertz CT molecular complexity index is 790. The van der Waals surface area contributed by atoms with E-state index < -0.39 is 29.4 Å². The third-order valence-corrected chi connectivity index (χ3v) is 5.76. The molecular formula is C19H21FN2O3S. The summed E-state index contributed by atoms with van der Waals surface area (Å²) >= 11 is 1.47. The molecular weight excluding hydrogens is 355 g/mol. The maximum Gasteiger partial charge on any atom is 0.251 e. The number of thiophene rings is 1. The van der Waals surface area contributed by atoms with Crippen LogP contribution in [0.5, 0.6) is 0 Å². The highest BCUT2D eigenvalue weighted by atomic mass is 32.1. The second-order valence-electron chi connectivity index (χ2n) is 6.74. The smallest absolute Gasteiger partial charge is 0.251 e. The number of halogens is 1. The lowest BCUT2D eigenvalue weighted by Crippen LogP contribution is -2.63. The molecule has 0 aliphatic carbocycles. The van der Waals surface area contributed by atoms with Crippen LogP contribution in [0.4, 0.5) is 4.39 Å². The van der Waals surface area contributed by atoms with Crippen LogP contribution in [0.25, 0.3) is 0 Å². The second-order valence-corrected chi connectivity index (χ2v) is 7.72. The maximum absolute atomic E-state index is 13.1. The number of rotatable bonds is 3. The van der Waals surface area contributed by atoms with Crippen molar-refractivity contribution in [1.29, 1.82) is 0 Å². The van der Waals surface area contributed by atoms with E-state index in [0.29, 0.717) is 18.5 Å². The quantitative estimate of drug-likeness (QED) is 0.865. The SMILES string of the molecule is CC(=O)N1CC[C@@](C)(O)[C@@H](NC(=O)c2ccc(F)cc2)[C@@H]1c1cccs1. The molecule has 1 aliphatic rings. The van der Waals surface area contributed by atoms with Gasteiger partial charge in [-0.05, 0) is 49.1 Å². The highest BCUT2D eigenvalue weighted by molar-refractivity contribution is 7.10. The number of piperidine rings is 1. The first-order chi connectivity index (χ1) is 12.3. The van der Waals surface area contributed by atoms with E-state index in [1.54, 1.807) is 11.8 Å². The summed E-state index contributed by atoms with van der Waals surface area (Å²) in [4.78, 5) is 27.4. The van der Waals surface area contributed by atoms with Crippen molar-refractivity contribution >= 4 is 23.2 Å². The lowest BCUT2D eigenvalue weighted by Gasteiger charge is -2.48. The first-order valence-electron chi connectivity index (χ1n) is 8.39. The van der Waals surface area contributed by atoms with Crippen LogP contribution < -0.4 is 5.32 Å². The van der Waals surface area contributed by atoms with Gasteiger partial charge in [-0.3, -0.25) is 9.59 Å². The van der Waals surface area contributed by atoms with Crippen molar-refractivity contribution < 1.29 is 19.1 Å². The van der Waals surface area contributed by atoms with Gasteiger partial charge in [0.1, 0.15) is 5.82 Å². The summed E-state index contributed by atoms with van der Waals surface area (Å²) in [5.41, 5.74) is -0.886. The molecule has 0 saturated carbocycles. The predicted molar refractivity (Wildman–Crippen MR) is 97.3 cm³/mol. The Morgan fingerprint density at radius 1 is 1.31 bits per heavy atom. The lowest BCUT2D eigenvalue weighted by atomic mass is 9.81. The number of likely N-dealkylation sites (tertiary alicyclic amines) is 1. The van der Waals surface area contributed by atoms with Crippen molar-refractivity contribution in [3.05, 3.63) is 58.0 Å². The predicted octanol–water partition coefficient (Wildman–Crippen LogP) is 2.73. The Morgan fingerprint density at radius 3 is 2.58 bits per heavy atom. The van der Waals surface area contributed by atoms with Gasteiger partial charge in [-0.15, -0.1) is 11.3 Å². The van der Waals surface area contributed by atoms with E-state index in [1.807, 2.05) is 17.5 Å². The zero-order valence-corrected chi connectivity index (χ0v) is 15.4. The first kappa shape index (κ1) is 18.5. The number of nitrogens with zero attached hydrogens (tertiary/aromatic N) is 1. The summed E-state index contributed by atoms with van der Waals surface area (Å²) in [6, 6.07) is 7.84. The molecule has 3 rings (SSSR count). The average molecular weight is 376 g/mol. The van der Waals surface area contributed by atoms with Gasteiger partial charge in [0.2, 0.25) is 5.91 Å². The summed E-state index contributed by atoms with van der Waals surface area (Å²) in [5.74, 6) is -0.951. The highest BCUT2D eigenvalue weighted by Gasteiger charge is 2.47. The largest absolute Gasteiger partial charge is 0.388 e. The fraction of sp³-hybridized carbons (Fsp3) is 0.368. The van der Waals surface area contributed by atoms with E-state index in [9.17, 15) is 19.1 Å². The normalized spacial score (nSPS) is 25.8. The van der Waals surface area contributed by atoms with Crippen LogP contribution in [-0.2, 0) is 4.79 Å². The molecule has 1 aromatic heterocycles. The van der Waals surface area contributed by atoms with E-state index in [1.165, 1.54) is 42.5 Å². The zero-order chi connectivity index (χ0) is 18.9. The van der Waals surface area contributed by atoms with Gasteiger partial charge in [0.25, 0.3) is 5.91 Å². The molecule has 2 N–H and O–H groups in total. The summed E-state index contributed by atoms with van der Waals surface area (Å²) in [6.45, 7) is 3.56. The van der Waals surface area contributed by atoms with E-state index >= 15 is 0 Å². The Morgan fingerprint density at radius 2 is 2.00 bits per heavy atom. The van der Waals surface area contributed by atoms with Gasteiger partial charge in [0, 0.05) is 23.9 Å². The van der Waals surface area contributed by atoms with Crippen molar-refractivity contribution in [2.24, 2.45) is 0 Å². The Hall–Kier alpha value is -2.25. The molecule has 3 atom stereocenters. The van der Waals surface area contributed by atoms with Crippen LogP contribution in [0.2, 0.25) is 0 Å². The second kappa shape index (κ2) is 7.17. The molecule has 2 aromatic rings. The van der Waals surface area contributed by atoms with Gasteiger partial charge in [0.05, 0.1) is 17.7 Å². The van der Waals surface area contributed by atoms with Crippen LogP contribution in [-0.4, -0.2) is 40.0 Å². The third-order valence-electron chi connectivity index (χ3n) is 4.81. The van der Waals surface area contributed by atoms with Crippen LogP contribution in [0, 0.1) is 5.82 Å². The van der Waals surface area contributed by atoms with Crippen molar-refractivity contribution in [3.8, 4) is 0 Å². The molecule has 0 unspecified atom stereocenters. The third kappa shape index (κ3) is 3.64. The molecule has 1 aliphatic heterocycles. The fourth-order valence-corrected chi connectivity index (χ4v) is 4.23. The van der Waals surface area contributed by atoms with Gasteiger partial charge in [-0.25, -0.2) is 4.39 Å². The molecule has 2 amide bonds. The van der Waals surface area contributed by atoms with Crippen molar-refractivity contribution in [3.63, 3.8) is 0 Å². The van der Waals surface area contributed by atoms with E-state index in [4.69, 9.17) is 0 Å². The van der Waals surface area contributed by atoms with Gasteiger partial charge < -0.3 is 15.3 Å². The minimum atomic E-state index is -1.18. The molecule has 0 spiro atoms. The topological polar surface area (TPSA) is 69.6 Å². The van der Waals surface area contributed by atoms with E-state index in [0.717, 1.165) is 4.88 Å². The molecule has 2 heterocycles. The number of aliphatic hydroxyl groups is 1. The van der Waals surface area contributed by atoms with Crippen molar-refractivity contribution in [1.82, 2.24) is 10.2 Å². The number of hydrogen-bond acceptors (Lipinski definition) is 4. The van der Waals surface area contributed by atoms with E-state index in [-0.39, 0.29) is 5.91 Å². The van der Waals surface area contributed by atoms with Crippen molar-refractivity contribution in [2.45, 2.75) is 38.0 Å². The number of carbonyl (C=O) groups excluding carboxylic acids is 2. The molecule has 0 bridgehead atoms. The van der Waals surface area contributed by atoms with Gasteiger partial charge in [-0.1, -0.05) is 6.07 Å².